The molecule has 0 amide bonds. The average molecular weight is 274 g/mol. The third-order valence-corrected chi connectivity index (χ3v) is 3.40. The minimum absolute atomic E-state index is 0. The molecule has 2 aromatic carbocycles. The maximum absolute atomic E-state index is 10.8. The van der Waals surface area contributed by atoms with E-state index in [1.807, 2.05) is 18.2 Å². The van der Waals surface area contributed by atoms with Crippen LogP contribution in [0, 0.1) is 0 Å². The van der Waals surface area contributed by atoms with E-state index in [9.17, 15) is 13.0 Å². The summed E-state index contributed by atoms with van der Waals surface area (Å²) in [5.74, 6) is 0. The molecule has 84 valence electrons. The van der Waals surface area contributed by atoms with Crippen LogP contribution in [0.2, 0.25) is 0 Å². The van der Waals surface area contributed by atoms with E-state index >= 15 is 0 Å². The van der Waals surface area contributed by atoms with Gasteiger partial charge in [0.1, 0.15) is 10.1 Å². The summed E-state index contributed by atoms with van der Waals surface area (Å²) in [4.78, 5) is -0.177. The molecule has 0 radical (unpaired) electrons. The molecule has 0 fully saturated rings. The van der Waals surface area contributed by atoms with Crippen LogP contribution in [0.3, 0.4) is 0 Å². The molecule has 0 spiro atoms. The fraction of sp³-hybridized carbons (Fsp3) is 0.167. The molecule has 0 aromatic heterocycles. The van der Waals surface area contributed by atoms with Crippen molar-refractivity contribution in [1.29, 1.82) is 0 Å². The van der Waals surface area contributed by atoms with Crippen LogP contribution in [0.15, 0.2) is 41.3 Å². The molecular weight excluding hydrogens is 263 g/mol. The van der Waals surface area contributed by atoms with Crippen LogP contribution in [0.25, 0.3) is 10.8 Å². The fourth-order valence-electron chi connectivity index (χ4n) is 1.65. The van der Waals surface area contributed by atoms with Gasteiger partial charge in [-0.15, -0.1) is 0 Å². The second-order valence-electron chi connectivity index (χ2n) is 3.65. The zero-order valence-electron chi connectivity index (χ0n) is 9.80. The van der Waals surface area contributed by atoms with Gasteiger partial charge in [0.05, 0.1) is 4.90 Å². The second kappa shape index (κ2) is 5.93. The molecule has 0 aliphatic heterocycles. The molecule has 0 bridgehead atoms. The Balaban J connectivity index is 0.00000144. The van der Waals surface area contributed by atoms with Crippen LogP contribution in [0.4, 0.5) is 0 Å². The van der Waals surface area contributed by atoms with Crippen LogP contribution in [-0.4, -0.2) is 13.0 Å². The van der Waals surface area contributed by atoms with Crippen molar-refractivity contribution < 1.29 is 64.4 Å². The molecule has 2 aromatic rings. The standard InChI is InChI=1S/C12H12O3S.K/c1-2-9-3-4-11-8-12(16(13,14)15)6-5-10(11)7-9;/h3-8H,2H2,1H3,(H,13,14,15);/q;+1/p-1. The van der Waals surface area contributed by atoms with E-state index < -0.39 is 10.1 Å². The zero-order chi connectivity index (χ0) is 11.8. The van der Waals surface area contributed by atoms with Gasteiger partial charge in [-0.1, -0.05) is 31.2 Å². The predicted molar refractivity (Wildman–Crippen MR) is 61.3 cm³/mol. The van der Waals surface area contributed by atoms with E-state index in [4.69, 9.17) is 0 Å². The van der Waals surface area contributed by atoms with Gasteiger partial charge in [-0.25, -0.2) is 8.42 Å². The Labute approximate surface area is 143 Å². The Morgan fingerprint density at radius 3 is 2.24 bits per heavy atom. The Kier molecular flexibility index (Phi) is 5.33. The third kappa shape index (κ3) is 3.60. The Morgan fingerprint density at radius 1 is 1.06 bits per heavy atom. The smallest absolute Gasteiger partial charge is 0.744 e. The summed E-state index contributed by atoms with van der Waals surface area (Å²) in [6.07, 6.45) is 0.928. The minimum atomic E-state index is -4.36. The minimum Gasteiger partial charge on any atom is -0.744 e. The van der Waals surface area contributed by atoms with Gasteiger partial charge in [0, 0.05) is 0 Å². The van der Waals surface area contributed by atoms with Gasteiger partial charge in [-0.2, -0.15) is 0 Å². The molecule has 17 heavy (non-hydrogen) atoms. The van der Waals surface area contributed by atoms with Gasteiger partial charge in [-0.05, 0) is 34.9 Å². The topological polar surface area (TPSA) is 57.2 Å². The van der Waals surface area contributed by atoms with Crippen molar-refractivity contribution >= 4 is 20.9 Å². The van der Waals surface area contributed by atoms with Gasteiger partial charge in [0.25, 0.3) is 0 Å². The van der Waals surface area contributed by atoms with E-state index in [2.05, 4.69) is 6.92 Å². The van der Waals surface area contributed by atoms with E-state index in [0.29, 0.717) is 0 Å². The first-order valence-corrected chi connectivity index (χ1v) is 6.40. The monoisotopic (exact) mass is 274 g/mol. The summed E-state index contributed by atoms with van der Waals surface area (Å²) in [6, 6.07) is 10.2. The molecule has 5 heteroatoms. The molecule has 3 nitrogen and oxygen atoms in total. The maximum atomic E-state index is 10.8. The van der Waals surface area contributed by atoms with Crippen LogP contribution in [0.5, 0.6) is 0 Å². The van der Waals surface area contributed by atoms with Gasteiger partial charge in [0.15, 0.2) is 0 Å². The second-order valence-corrected chi connectivity index (χ2v) is 5.03. The van der Waals surface area contributed by atoms with Gasteiger partial charge in [0.2, 0.25) is 0 Å². The van der Waals surface area contributed by atoms with Gasteiger partial charge in [-0.3, -0.25) is 0 Å². The number of benzene rings is 2. The van der Waals surface area contributed by atoms with Crippen molar-refractivity contribution in [2.75, 3.05) is 0 Å². The van der Waals surface area contributed by atoms with Crippen LogP contribution < -0.4 is 51.4 Å². The molecule has 0 heterocycles. The first kappa shape index (κ1) is 15.3. The Morgan fingerprint density at radius 2 is 1.65 bits per heavy atom. The normalized spacial score (nSPS) is 11.2. The fourth-order valence-corrected chi connectivity index (χ4v) is 2.15. The van der Waals surface area contributed by atoms with E-state index in [1.54, 1.807) is 6.07 Å². The summed E-state index contributed by atoms with van der Waals surface area (Å²) in [5.41, 5.74) is 1.19. The van der Waals surface area contributed by atoms with Crippen molar-refractivity contribution in [1.82, 2.24) is 0 Å². The van der Waals surface area contributed by atoms with Gasteiger partial charge >= 0.3 is 51.4 Å². The van der Waals surface area contributed by atoms with Crippen molar-refractivity contribution in [2.45, 2.75) is 18.2 Å². The largest absolute Gasteiger partial charge is 1.00 e. The molecule has 0 saturated heterocycles. The number of rotatable bonds is 2. The number of hydrogen-bond donors (Lipinski definition) is 0. The molecule has 0 aliphatic carbocycles. The van der Waals surface area contributed by atoms with Crippen LogP contribution >= 0.6 is 0 Å². The Hall–Kier alpha value is 0.246. The molecule has 2 rings (SSSR count). The molecule has 0 saturated carbocycles. The first-order chi connectivity index (χ1) is 7.50. The molecular formula is C12H11KO3S. The van der Waals surface area contributed by atoms with Crippen molar-refractivity contribution in [3.8, 4) is 0 Å². The maximum Gasteiger partial charge on any atom is 1.00 e. The molecule has 0 aliphatic rings. The number of fused-ring (bicyclic) bond motifs is 1. The van der Waals surface area contributed by atoms with Crippen LogP contribution in [-0.2, 0) is 16.5 Å². The molecule has 0 atom stereocenters. The quantitative estimate of drug-likeness (QED) is 0.538. The first-order valence-electron chi connectivity index (χ1n) is 4.99. The van der Waals surface area contributed by atoms with Gasteiger partial charge < -0.3 is 4.55 Å². The average Bonchev–Trinajstić information content (AvgIpc) is 2.26. The van der Waals surface area contributed by atoms with Crippen molar-refractivity contribution in [3.63, 3.8) is 0 Å². The SMILES string of the molecule is CCc1ccc2cc(S(=O)(=O)[O-])ccc2c1.[K+]. The summed E-state index contributed by atoms with van der Waals surface area (Å²) in [6.45, 7) is 2.05. The summed E-state index contributed by atoms with van der Waals surface area (Å²) in [7, 11) is -4.36. The third-order valence-electron chi connectivity index (χ3n) is 2.57. The van der Waals surface area contributed by atoms with Crippen LogP contribution in [0.1, 0.15) is 12.5 Å². The molecule has 0 N–H and O–H groups in total. The summed E-state index contributed by atoms with van der Waals surface area (Å²) >= 11 is 0. The summed E-state index contributed by atoms with van der Waals surface area (Å²) < 4.78 is 32.5. The van der Waals surface area contributed by atoms with Crippen molar-refractivity contribution in [3.05, 3.63) is 42.0 Å². The molecule has 0 unspecified atom stereocenters. The zero-order valence-corrected chi connectivity index (χ0v) is 13.7. The predicted octanol–water partition coefficient (Wildman–Crippen LogP) is -0.690. The summed E-state index contributed by atoms with van der Waals surface area (Å²) in [5, 5.41) is 1.72. The number of hydrogen-bond acceptors (Lipinski definition) is 3. The van der Waals surface area contributed by atoms with E-state index in [-0.39, 0.29) is 56.3 Å². The number of aryl methyl sites for hydroxylation is 1. The Bertz CT molecular complexity index is 635. The van der Waals surface area contributed by atoms with E-state index in [0.717, 1.165) is 17.2 Å². The van der Waals surface area contributed by atoms with E-state index in [1.165, 1.54) is 17.7 Å². The van der Waals surface area contributed by atoms with Crippen molar-refractivity contribution in [2.24, 2.45) is 0 Å².